The van der Waals surface area contributed by atoms with E-state index in [0.29, 0.717) is 35.6 Å². The van der Waals surface area contributed by atoms with E-state index in [1.807, 2.05) is 24.3 Å². The van der Waals surface area contributed by atoms with Crippen LogP contribution >= 0.6 is 11.6 Å². The summed E-state index contributed by atoms with van der Waals surface area (Å²) in [5, 5.41) is 14.2. The molecule has 296 valence electrons. The van der Waals surface area contributed by atoms with Crippen LogP contribution < -0.4 is 20.4 Å². The number of aromatic nitrogens is 5. The minimum atomic E-state index is -2.84. The molecule has 9 rings (SSSR count). The first-order valence-corrected chi connectivity index (χ1v) is 20.2. The van der Waals surface area contributed by atoms with Crippen LogP contribution in [0.3, 0.4) is 0 Å². The van der Waals surface area contributed by atoms with Gasteiger partial charge >= 0.3 is 0 Å². The first-order chi connectivity index (χ1) is 27.2. The van der Waals surface area contributed by atoms with Gasteiger partial charge < -0.3 is 15.1 Å². The van der Waals surface area contributed by atoms with E-state index in [1.165, 1.54) is 10.7 Å². The van der Waals surface area contributed by atoms with Gasteiger partial charge in [-0.2, -0.15) is 10.2 Å². The lowest BCUT2D eigenvalue weighted by atomic mass is 9.89. The van der Waals surface area contributed by atoms with Gasteiger partial charge in [0.1, 0.15) is 11.4 Å². The van der Waals surface area contributed by atoms with Gasteiger partial charge in [-0.3, -0.25) is 34.2 Å². The molecule has 7 heterocycles. The number of imide groups is 1. The van der Waals surface area contributed by atoms with E-state index < -0.39 is 23.9 Å². The number of carbonyl (C=O) groups excluding carboxylic acids is 3. The second-order valence-corrected chi connectivity index (χ2v) is 16.2. The van der Waals surface area contributed by atoms with E-state index in [-0.39, 0.29) is 29.1 Å². The average molecular weight is 790 g/mol. The number of benzene rings is 1. The number of carbonyl (C=O) groups is 3. The van der Waals surface area contributed by atoms with Gasteiger partial charge in [0.05, 0.1) is 23.8 Å². The number of hydrogen-bond acceptors (Lipinski definition) is 10. The van der Waals surface area contributed by atoms with Gasteiger partial charge in [-0.1, -0.05) is 17.7 Å². The fraction of sp³-hybridized carbons (Fsp3) is 0.538. The van der Waals surface area contributed by atoms with Gasteiger partial charge in [0, 0.05) is 94.0 Å². The van der Waals surface area contributed by atoms with E-state index in [2.05, 4.69) is 45.4 Å². The number of rotatable bonds is 9. The van der Waals surface area contributed by atoms with Crippen molar-refractivity contribution >= 4 is 52.2 Å². The van der Waals surface area contributed by atoms with Crippen molar-refractivity contribution in [2.75, 3.05) is 67.5 Å². The van der Waals surface area contributed by atoms with Gasteiger partial charge in [0.2, 0.25) is 11.8 Å². The first kappa shape index (κ1) is 36.9. The van der Waals surface area contributed by atoms with Crippen molar-refractivity contribution < 1.29 is 23.2 Å². The van der Waals surface area contributed by atoms with Crippen molar-refractivity contribution in [2.45, 2.75) is 81.8 Å². The van der Waals surface area contributed by atoms with Crippen LogP contribution in [0.5, 0.6) is 0 Å². The van der Waals surface area contributed by atoms with Gasteiger partial charge in [-0.05, 0) is 68.7 Å². The average Bonchev–Trinajstić information content (AvgIpc) is 3.96. The zero-order chi connectivity index (χ0) is 38.5. The molecule has 1 aliphatic carbocycles. The molecule has 0 spiro atoms. The van der Waals surface area contributed by atoms with Crippen LogP contribution in [0.4, 0.5) is 26.0 Å². The normalized spacial score (nSPS) is 24.2. The molecular formula is C39H46ClF2N11O3. The summed E-state index contributed by atoms with van der Waals surface area (Å²) in [4.78, 5) is 51.7. The van der Waals surface area contributed by atoms with E-state index in [4.69, 9.17) is 11.6 Å². The molecule has 2 N–H and O–H groups in total. The topological polar surface area (TPSA) is 136 Å². The van der Waals surface area contributed by atoms with Gasteiger partial charge in [0.15, 0.2) is 11.3 Å². The number of piperazine rings is 1. The minimum Gasteiger partial charge on any atom is -0.368 e. The molecule has 0 radical (unpaired) electrons. The number of nitrogens with one attached hydrogen (secondary N) is 2. The van der Waals surface area contributed by atoms with Crippen molar-refractivity contribution in [3.05, 3.63) is 64.7 Å². The zero-order valence-corrected chi connectivity index (χ0v) is 31.9. The Labute approximate surface area is 328 Å². The third kappa shape index (κ3) is 7.22. The van der Waals surface area contributed by atoms with Gasteiger partial charge in [0.25, 0.3) is 12.3 Å². The standard InChI is InChI=1S/C39H46ClF2N11O3/c40-31-19-26(7-8-28(31)29-9-10-34(54)46-38(29)55)51-21-27(22-51)49-17-15-48(16-18-49)24-3-5-25(6-4-24)53-23-32(35(47-53)36(41)42)44-39(56)30-20-43-52-14-11-33(45-37(30)52)50-12-1-2-13-50/h7-8,11,14,19-20,23-25,27,29,36H,1-6,9-10,12-13,15-18,21-22H2,(H,44,56)(H,46,54,55). The van der Waals surface area contributed by atoms with Crippen molar-refractivity contribution in [3.63, 3.8) is 0 Å². The molecule has 3 amide bonds. The van der Waals surface area contributed by atoms with Crippen LogP contribution in [0.2, 0.25) is 5.02 Å². The molecule has 5 aliphatic rings. The Morgan fingerprint density at radius 2 is 1.61 bits per heavy atom. The Kier molecular flexibility index (Phi) is 10.1. The molecule has 4 aliphatic heterocycles. The Bertz CT molecular complexity index is 2120. The summed E-state index contributed by atoms with van der Waals surface area (Å²) in [5.41, 5.74) is 2.00. The third-order valence-corrected chi connectivity index (χ3v) is 12.8. The summed E-state index contributed by atoms with van der Waals surface area (Å²) in [6.07, 6.45) is 8.43. The Morgan fingerprint density at radius 1 is 0.893 bits per heavy atom. The van der Waals surface area contributed by atoms with Crippen LogP contribution in [0.25, 0.3) is 5.65 Å². The predicted octanol–water partition coefficient (Wildman–Crippen LogP) is 4.88. The largest absolute Gasteiger partial charge is 0.368 e. The molecule has 1 saturated carbocycles. The molecule has 4 saturated heterocycles. The first-order valence-electron chi connectivity index (χ1n) is 19.8. The van der Waals surface area contributed by atoms with Crippen LogP contribution in [-0.4, -0.2) is 116 Å². The summed E-state index contributed by atoms with van der Waals surface area (Å²) in [6, 6.07) is 8.64. The van der Waals surface area contributed by atoms with E-state index in [1.54, 1.807) is 17.1 Å². The number of nitrogens with zero attached hydrogens (tertiary/aromatic N) is 9. The van der Waals surface area contributed by atoms with E-state index in [0.717, 1.165) is 108 Å². The van der Waals surface area contributed by atoms with Crippen molar-refractivity contribution in [3.8, 4) is 0 Å². The minimum absolute atomic E-state index is 0.0141. The molecule has 5 fully saturated rings. The second kappa shape index (κ2) is 15.3. The molecule has 17 heteroatoms. The Hall–Kier alpha value is -4.67. The van der Waals surface area contributed by atoms with E-state index >= 15 is 0 Å². The monoisotopic (exact) mass is 789 g/mol. The number of alkyl halides is 2. The summed E-state index contributed by atoms with van der Waals surface area (Å²) in [7, 11) is 0. The molecule has 56 heavy (non-hydrogen) atoms. The highest BCUT2D eigenvalue weighted by Gasteiger charge is 2.37. The Morgan fingerprint density at radius 3 is 2.30 bits per heavy atom. The van der Waals surface area contributed by atoms with Crippen LogP contribution in [-0.2, 0) is 9.59 Å². The van der Waals surface area contributed by atoms with Crippen LogP contribution in [0, 0.1) is 0 Å². The smallest absolute Gasteiger partial charge is 0.284 e. The number of amides is 3. The summed E-state index contributed by atoms with van der Waals surface area (Å²) < 4.78 is 31.6. The third-order valence-electron chi connectivity index (χ3n) is 12.5. The maximum atomic E-state index is 14.2. The molecule has 4 aromatic rings. The summed E-state index contributed by atoms with van der Waals surface area (Å²) >= 11 is 6.64. The highest BCUT2D eigenvalue weighted by atomic mass is 35.5. The van der Waals surface area contributed by atoms with Gasteiger partial charge in [-0.15, -0.1) is 0 Å². The van der Waals surface area contributed by atoms with E-state index in [9.17, 15) is 23.2 Å². The van der Waals surface area contributed by atoms with Gasteiger partial charge in [-0.25, -0.2) is 18.3 Å². The molecule has 1 unspecified atom stereocenters. The maximum absolute atomic E-state index is 14.2. The quantitative estimate of drug-likeness (QED) is 0.226. The molecule has 0 bridgehead atoms. The lowest BCUT2D eigenvalue weighted by Gasteiger charge is -2.50. The lowest BCUT2D eigenvalue weighted by Crippen LogP contribution is -2.64. The van der Waals surface area contributed by atoms with Crippen molar-refractivity contribution in [2.24, 2.45) is 0 Å². The highest BCUT2D eigenvalue weighted by Crippen LogP contribution is 2.37. The number of hydrogen-bond donors (Lipinski definition) is 2. The molecule has 1 aromatic carbocycles. The lowest BCUT2D eigenvalue weighted by molar-refractivity contribution is -0.134. The summed E-state index contributed by atoms with van der Waals surface area (Å²) in [5.74, 6) is -0.692. The number of piperidine rings is 1. The zero-order valence-electron chi connectivity index (χ0n) is 31.1. The van der Waals surface area contributed by atoms with Crippen LogP contribution in [0.1, 0.15) is 91.4 Å². The number of anilines is 3. The number of fused-ring (bicyclic) bond motifs is 1. The fourth-order valence-electron chi connectivity index (χ4n) is 9.22. The molecule has 14 nitrogen and oxygen atoms in total. The fourth-order valence-corrected chi connectivity index (χ4v) is 9.53. The predicted molar refractivity (Wildman–Crippen MR) is 207 cm³/mol. The molecular weight excluding hydrogens is 744 g/mol. The maximum Gasteiger partial charge on any atom is 0.284 e. The van der Waals surface area contributed by atoms with Crippen molar-refractivity contribution in [1.29, 1.82) is 0 Å². The second-order valence-electron chi connectivity index (χ2n) is 15.8. The molecule has 3 aromatic heterocycles. The molecule has 1 atom stereocenters. The summed E-state index contributed by atoms with van der Waals surface area (Å²) in [6.45, 7) is 7.61. The van der Waals surface area contributed by atoms with Crippen molar-refractivity contribution in [1.82, 2.24) is 39.5 Å². The Balaban J connectivity index is 0.758. The SMILES string of the molecule is O=C1CCC(c2ccc(N3CC(N4CCN(C5CCC(n6cc(NC(=O)c7cnn8ccc(N9CCCC9)nc78)c(C(F)F)n6)CC5)CC4)C3)cc2Cl)C(=O)N1. The highest BCUT2D eigenvalue weighted by molar-refractivity contribution is 6.32. The number of halogens is 3. The van der Waals surface area contributed by atoms with Crippen LogP contribution in [0.15, 0.2) is 42.9 Å².